The number of cyclic esters (lactones) is 1. The van der Waals surface area contributed by atoms with E-state index in [1.54, 1.807) is 12.1 Å². The third-order valence-electron chi connectivity index (χ3n) is 5.24. The summed E-state index contributed by atoms with van der Waals surface area (Å²) in [6.07, 6.45) is 1.87. The third kappa shape index (κ3) is 5.32. The van der Waals surface area contributed by atoms with E-state index >= 15 is 0 Å². The summed E-state index contributed by atoms with van der Waals surface area (Å²) in [6.45, 7) is 4.67. The molecule has 2 aliphatic heterocycles. The number of anilines is 2. The van der Waals surface area contributed by atoms with Gasteiger partial charge in [-0.05, 0) is 43.9 Å². The summed E-state index contributed by atoms with van der Waals surface area (Å²) < 4.78 is 25.3. The zero-order valence-electron chi connectivity index (χ0n) is 16.8. The molecule has 0 spiro atoms. The summed E-state index contributed by atoms with van der Waals surface area (Å²) in [5.41, 5.74) is 1.11. The molecule has 29 heavy (non-hydrogen) atoms. The van der Waals surface area contributed by atoms with Gasteiger partial charge in [-0.3, -0.25) is 9.69 Å². The van der Waals surface area contributed by atoms with E-state index in [0.29, 0.717) is 69.9 Å². The van der Waals surface area contributed by atoms with Gasteiger partial charge in [-0.25, -0.2) is 9.18 Å². The number of ether oxygens (including phenoxy) is 2. The van der Waals surface area contributed by atoms with E-state index in [9.17, 15) is 14.0 Å². The van der Waals surface area contributed by atoms with Crippen molar-refractivity contribution in [2.24, 2.45) is 0 Å². The molecule has 158 valence electrons. The van der Waals surface area contributed by atoms with E-state index in [4.69, 9.17) is 14.9 Å². The Kier molecular flexibility index (Phi) is 7.19. The first-order valence-electron chi connectivity index (χ1n) is 10.2. The first-order chi connectivity index (χ1) is 14.0. The molecule has 1 aromatic carbocycles. The minimum absolute atomic E-state index is 0.117. The van der Waals surface area contributed by atoms with Crippen molar-refractivity contribution in [2.75, 3.05) is 42.6 Å². The van der Waals surface area contributed by atoms with Crippen molar-refractivity contribution in [3.05, 3.63) is 24.0 Å². The maximum Gasteiger partial charge on any atom is 0.414 e. The predicted molar refractivity (Wildman–Crippen MR) is 109 cm³/mol. The summed E-state index contributed by atoms with van der Waals surface area (Å²) in [4.78, 5) is 27.3. The average molecular weight is 405 g/mol. The lowest BCUT2D eigenvalue weighted by Crippen LogP contribution is -2.36. The maximum absolute atomic E-state index is 14.6. The van der Waals surface area contributed by atoms with Crippen molar-refractivity contribution in [3.63, 3.8) is 0 Å². The van der Waals surface area contributed by atoms with Gasteiger partial charge < -0.3 is 19.8 Å². The molecule has 7 nitrogen and oxygen atoms in total. The van der Waals surface area contributed by atoms with Crippen molar-refractivity contribution in [3.8, 4) is 0 Å². The molecule has 2 saturated heterocycles. The normalized spacial score (nSPS) is 19.4. The molecule has 1 unspecified atom stereocenters. The first-order valence-corrected chi connectivity index (χ1v) is 10.2. The highest BCUT2D eigenvalue weighted by atomic mass is 19.1. The molecule has 0 radical (unpaired) electrons. The molecule has 0 aliphatic carbocycles. The monoisotopic (exact) mass is 405 g/mol. The molecule has 1 atom stereocenters. The fourth-order valence-electron chi connectivity index (χ4n) is 3.63. The minimum Gasteiger partial charge on any atom is -0.444 e. The zero-order chi connectivity index (χ0) is 20.8. The number of hydrogen-bond donors (Lipinski definition) is 1. The smallest absolute Gasteiger partial charge is 0.414 e. The number of nitrogens with one attached hydrogen (secondary N) is 1. The van der Waals surface area contributed by atoms with E-state index in [1.165, 1.54) is 11.0 Å². The van der Waals surface area contributed by atoms with Crippen LogP contribution in [0.5, 0.6) is 0 Å². The molecular weight excluding hydrogens is 377 g/mol. The summed E-state index contributed by atoms with van der Waals surface area (Å²) >= 11 is 0. The van der Waals surface area contributed by atoms with Gasteiger partial charge >= 0.3 is 6.09 Å². The Hall–Kier alpha value is -2.48. The summed E-state index contributed by atoms with van der Waals surface area (Å²) in [5, 5.41) is 7.79. The average Bonchev–Trinajstić information content (AvgIpc) is 3.09. The Balaban J connectivity index is 1.54. The molecular formula is C21H28FN3O4. The van der Waals surface area contributed by atoms with E-state index in [0.717, 1.165) is 6.42 Å². The molecule has 0 saturated carbocycles. The van der Waals surface area contributed by atoms with E-state index in [1.807, 2.05) is 11.8 Å². The van der Waals surface area contributed by atoms with Crippen LogP contribution < -0.4 is 9.80 Å². The Morgan fingerprint density at radius 3 is 2.72 bits per heavy atom. The number of Topliss-reactive ketones (excluding diaryl/α,β-unsaturated/α-hetero) is 1. The molecule has 1 N–H and O–H groups in total. The van der Waals surface area contributed by atoms with Crippen molar-refractivity contribution in [2.45, 2.75) is 45.1 Å². The molecule has 1 aromatic rings. The Labute approximate surface area is 170 Å². The van der Waals surface area contributed by atoms with E-state index in [-0.39, 0.29) is 23.4 Å². The SMILES string of the molecule is CCCC(=O)C(=N)CCCC1CN(c2ccc(N3CCOCC3)c(F)c2)C(=O)O1. The molecule has 0 aromatic heterocycles. The van der Waals surface area contributed by atoms with Gasteiger partial charge in [-0.1, -0.05) is 6.92 Å². The summed E-state index contributed by atoms with van der Waals surface area (Å²) in [7, 11) is 0. The van der Waals surface area contributed by atoms with Gasteiger partial charge in [0.1, 0.15) is 11.9 Å². The van der Waals surface area contributed by atoms with Gasteiger partial charge in [-0.2, -0.15) is 0 Å². The van der Waals surface area contributed by atoms with Crippen LogP contribution in [0.25, 0.3) is 0 Å². The molecule has 2 fully saturated rings. The number of carbonyl (C=O) groups is 2. The third-order valence-corrected chi connectivity index (χ3v) is 5.24. The number of halogens is 1. The topological polar surface area (TPSA) is 82.9 Å². The van der Waals surface area contributed by atoms with Crippen molar-refractivity contribution >= 4 is 29.0 Å². The molecule has 3 rings (SSSR count). The fraction of sp³-hybridized carbons (Fsp3) is 0.571. The van der Waals surface area contributed by atoms with E-state index < -0.39 is 6.09 Å². The van der Waals surface area contributed by atoms with Gasteiger partial charge in [0.25, 0.3) is 0 Å². The second-order valence-corrected chi connectivity index (χ2v) is 7.40. The van der Waals surface area contributed by atoms with Crippen LogP contribution in [0, 0.1) is 11.2 Å². The Morgan fingerprint density at radius 2 is 2.03 bits per heavy atom. The number of carbonyl (C=O) groups excluding carboxylic acids is 2. The van der Waals surface area contributed by atoms with Crippen LogP contribution in [0.4, 0.5) is 20.6 Å². The highest BCUT2D eigenvalue weighted by molar-refractivity contribution is 6.38. The van der Waals surface area contributed by atoms with Gasteiger partial charge in [0.05, 0.1) is 36.8 Å². The van der Waals surface area contributed by atoms with Gasteiger partial charge in [0.2, 0.25) is 0 Å². The first kappa shape index (κ1) is 21.2. The van der Waals surface area contributed by atoms with Crippen molar-refractivity contribution in [1.29, 1.82) is 5.41 Å². The number of nitrogens with zero attached hydrogens (tertiary/aromatic N) is 2. The number of hydrogen-bond acceptors (Lipinski definition) is 6. The van der Waals surface area contributed by atoms with Crippen molar-refractivity contribution in [1.82, 2.24) is 0 Å². The molecule has 2 heterocycles. The van der Waals surface area contributed by atoms with E-state index in [2.05, 4.69) is 0 Å². The largest absolute Gasteiger partial charge is 0.444 e. The zero-order valence-corrected chi connectivity index (χ0v) is 16.8. The van der Waals surface area contributed by atoms with Crippen LogP contribution in [0.2, 0.25) is 0 Å². The quantitative estimate of drug-likeness (QED) is 0.636. The van der Waals surface area contributed by atoms with Crippen LogP contribution in [-0.2, 0) is 14.3 Å². The number of benzene rings is 1. The second kappa shape index (κ2) is 9.82. The number of rotatable bonds is 9. The van der Waals surface area contributed by atoms with Crippen LogP contribution in [0.3, 0.4) is 0 Å². The van der Waals surface area contributed by atoms with Crippen LogP contribution in [0.1, 0.15) is 39.0 Å². The van der Waals surface area contributed by atoms with Crippen molar-refractivity contribution < 1.29 is 23.5 Å². The van der Waals surface area contributed by atoms with Crippen LogP contribution in [-0.4, -0.2) is 56.5 Å². The van der Waals surface area contributed by atoms with Gasteiger partial charge in [0.15, 0.2) is 5.78 Å². The lowest BCUT2D eigenvalue weighted by Gasteiger charge is -2.29. The highest BCUT2D eigenvalue weighted by Crippen LogP contribution is 2.29. The highest BCUT2D eigenvalue weighted by Gasteiger charge is 2.32. The Bertz CT molecular complexity index is 764. The molecule has 2 aliphatic rings. The molecule has 1 amide bonds. The molecule has 0 bridgehead atoms. The summed E-state index contributed by atoms with van der Waals surface area (Å²) in [6, 6.07) is 4.79. The lowest BCUT2D eigenvalue weighted by molar-refractivity contribution is -0.113. The van der Waals surface area contributed by atoms with Gasteiger partial charge in [-0.15, -0.1) is 0 Å². The lowest BCUT2D eigenvalue weighted by atomic mass is 10.0. The Morgan fingerprint density at radius 1 is 1.28 bits per heavy atom. The fourth-order valence-corrected chi connectivity index (χ4v) is 3.63. The minimum atomic E-state index is -0.495. The number of ketones is 1. The second-order valence-electron chi connectivity index (χ2n) is 7.40. The van der Waals surface area contributed by atoms with Gasteiger partial charge in [0, 0.05) is 19.5 Å². The maximum atomic E-state index is 14.6. The van der Waals surface area contributed by atoms with Crippen LogP contribution >= 0.6 is 0 Å². The summed E-state index contributed by atoms with van der Waals surface area (Å²) in [5.74, 6) is -0.489. The number of morpholine rings is 1. The van der Waals surface area contributed by atoms with Crippen LogP contribution in [0.15, 0.2) is 18.2 Å². The number of amides is 1. The predicted octanol–water partition coefficient (Wildman–Crippen LogP) is 3.55. The molecule has 8 heteroatoms. The standard InChI is InChI=1S/C21H28FN3O4/c1-2-4-20(26)18(23)6-3-5-16-14-25(21(27)29-16)15-7-8-19(17(22)13-15)24-9-11-28-12-10-24/h7-8,13,16,23H,2-6,9-12,14H2,1H3.